The normalized spacial score (nSPS) is 14.6. The van der Waals surface area contributed by atoms with Crippen molar-refractivity contribution in [1.29, 1.82) is 0 Å². The number of fused-ring (bicyclic) bond motifs is 2. The zero-order valence-corrected chi connectivity index (χ0v) is 20.4. The number of anilines is 1. The first-order valence-electron chi connectivity index (χ1n) is 12.0. The van der Waals surface area contributed by atoms with Gasteiger partial charge in [-0.3, -0.25) is 14.5 Å². The fraction of sp³-hybridized carbons (Fsp3) is 0.333. The Labute approximate surface area is 207 Å². The first kappa shape index (κ1) is 23.5. The summed E-state index contributed by atoms with van der Waals surface area (Å²) in [5.74, 6) is -0.0383. The summed E-state index contributed by atoms with van der Waals surface area (Å²) in [6, 6.07) is 17.1. The Balaban J connectivity index is 1.09. The molecule has 1 fully saturated rings. The van der Waals surface area contributed by atoms with Crippen molar-refractivity contribution < 1.29 is 14.6 Å². The van der Waals surface area contributed by atoms with Gasteiger partial charge in [0.25, 0.3) is 11.5 Å². The van der Waals surface area contributed by atoms with Crippen molar-refractivity contribution in [2.75, 3.05) is 50.8 Å². The van der Waals surface area contributed by atoms with Crippen molar-refractivity contribution >= 4 is 43.9 Å². The summed E-state index contributed by atoms with van der Waals surface area (Å²) in [5.41, 5.74) is 1.34. The Morgan fingerprint density at radius 3 is 2.66 bits per heavy atom. The molecule has 7 nitrogen and oxygen atoms in total. The van der Waals surface area contributed by atoms with Gasteiger partial charge >= 0.3 is 0 Å². The van der Waals surface area contributed by atoms with Gasteiger partial charge in [0, 0.05) is 54.1 Å². The first-order valence-corrected chi connectivity index (χ1v) is 12.9. The van der Waals surface area contributed by atoms with Crippen LogP contribution in [-0.2, 0) is 0 Å². The van der Waals surface area contributed by atoms with Gasteiger partial charge in [0.1, 0.15) is 12.4 Å². The van der Waals surface area contributed by atoms with E-state index in [2.05, 4.69) is 39.4 Å². The number of carbonyl (C=O) groups excluding carboxylic acids is 1. The van der Waals surface area contributed by atoms with Crippen molar-refractivity contribution in [1.82, 2.24) is 9.47 Å². The standard InChI is InChI=1S/C27H29N3O4S/c31-19-27(33)30-24-18-21(8-6-20(24)7-9-26(30)32)34-16-2-1-11-28-12-14-29(15-13-28)23-4-3-5-25-22(23)10-17-35-25/h3-10,17-18,31H,1-2,11-16,19H2. The number of aliphatic hydroxyl groups excluding tert-OH is 1. The number of unbranched alkanes of at least 4 members (excludes halogenated alkanes) is 1. The van der Waals surface area contributed by atoms with Gasteiger partial charge in [-0.25, -0.2) is 4.57 Å². The lowest BCUT2D eigenvalue weighted by atomic mass is 10.2. The zero-order valence-electron chi connectivity index (χ0n) is 19.6. The number of hydrogen-bond acceptors (Lipinski definition) is 7. The van der Waals surface area contributed by atoms with E-state index >= 15 is 0 Å². The van der Waals surface area contributed by atoms with Crippen LogP contribution in [0.4, 0.5) is 5.69 Å². The Kier molecular flexibility index (Phi) is 7.13. The van der Waals surface area contributed by atoms with Crippen molar-refractivity contribution in [3.05, 3.63) is 70.3 Å². The smallest absolute Gasteiger partial charge is 0.259 e. The third-order valence-corrected chi connectivity index (χ3v) is 7.46. The topological polar surface area (TPSA) is 75.0 Å². The molecule has 2 aromatic carbocycles. The van der Waals surface area contributed by atoms with E-state index in [9.17, 15) is 14.7 Å². The minimum Gasteiger partial charge on any atom is -0.494 e. The number of aliphatic hydroxyl groups is 1. The number of pyridine rings is 1. The molecule has 0 saturated carbocycles. The van der Waals surface area contributed by atoms with Gasteiger partial charge in [-0.1, -0.05) is 6.07 Å². The van der Waals surface area contributed by atoms with Crippen molar-refractivity contribution in [3.63, 3.8) is 0 Å². The molecule has 0 unspecified atom stereocenters. The molecular weight excluding hydrogens is 462 g/mol. The number of benzene rings is 2. The van der Waals surface area contributed by atoms with Crippen LogP contribution < -0.4 is 15.2 Å². The van der Waals surface area contributed by atoms with Crippen LogP contribution in [0.15, 0.2) is 64.8 Å². The molecule has 2 aromatic heterocycles. The Hall–Kier alpha value is -3.20. The summed E-state index contributed by atoms with van der Waals surface area (Å²) >= 11 is 1.79. The Bertz CT molecular complexity index is 1390. The highest BCUT2D eigenvalue weighted by molar-refractivity contribution is 7.17. The maximum atomic E-state index is 12.1. The number of hydrogen-bond donors (Lipinski definition) is 1. The molecule has 0 radical (unpaired) electrons. The molecule has 0 atom stereocenters. The Morgan fingerprint density at radius 2 is 1.83 bits per heavy atom. The number of ether oxygens (including phenoxy) is 1. The minimum atomic E-state index is -0.720. The predicted molar refractivity (Wildman–Crippen MR) is 141 cm³/mol. The van der Waals surface area contributed by atoms with Gasteiger partial charge in [0.15, 0.2) is 0 Å². The molecule has 1 aliphatic rings. The molecule has 0 aliphatic carbocycles. The fourth-order valence-corrected chi connectivity index (χ4v) is 5.53. The number of thiophene rings is 1. The molecule has 4 aromatic rings. The lowest BCUT2D eigenvalue weighted by Gasteiger charge is -2.36. The highest BCUT2D eigenvalue weighted by atomic mass is 32.1. The molecule has 3 heterocycles. The average molecular weight is 492 g/mol. The van der Waals surface area contributed by atoms with Crippen molar-refractivity contribution in [2.45, 2.75) is 12.8 Å². The number of piperazine rings is 1. The molecule has 182 valence electrons. The third-order valence-electron chi connectivity index (χ3n) is 6.58. The van der Waals surface area contributed by atoms with E-state index in [0.717, 1.165) is 55.5 Å². The van der Waals surface area contributed by atoms with Crippen LogP contribution in [0.25, 0.3) is 21.0 Å². The second-order valence-electron chi connectivity index (χ2n) is 8.77. The molecular formula is C27H29N3O4S. The zero-order chi connectivity index (χ0) is 24.2. The minimum absolute atomic E-state index is 0.449. The highest BCUT2D eigenvalue weighted by Gasteiger charge is 2.18. The van der Waals surface area contributed by atoms with Gasteiger partial charge < -0.3 is 14.7 Å². The van der Waals surface area contributed by atoms with E-state index in [1.54, 1.807) is 23.5 Å². The van der Waals surface area contributed by atoms with Crippen molar-refractivity contribution in [2.24, 2.45) is 0 Å². The summed E-state index contributed by atoms with van der Waals surface area (Å²) in [6.07, 6.45) is 1.96. The van der Waals surface area contributed by atoms with Crippen LogP contribution in [0.2, 0.25) is 0 Å². The second kappa shape index (κ2) is 10.6. The maximum absolute atomic E-state index is 12.1. The summed E-state index contributed by atoms with van der Waals surface area (Å²) in [6.45, 7) is 5.08. The molecule has 0 bridgehead atoms. The first-order chi connectivity index (χ1) is 17.1. The molecule has 1 N–H and O–H groups in total. The van der Waals surface area contributed by atoms with Crippen LogP contribution in [0.3, 0.4) is 0 Å². The Morgan fingerprint density at radius 1 is 1.00 bits per heavy atom. The maximum Gasteiger partial charge on any atom is 0.259 e. The summed E-state index contributed by atoms with van der Waals surface area (Å²) < 4.78 is 8.25. The third kappa shape index (κ3) is 5.10. The van der Waals surface area contributed by atoms with E-state index in [0.29, 0.717) is 17.9 Å². The van der Waals surface area contributed by atoms with Crippen LogP contribution in [-0.4, -0.2) is 66.4 Å². The van der Waals surface area contributed by atoms with E-state index < -0.39 is 18.1 Å². The monoisotopic (exact) mass is 491 g/mol. The number of carbonyl (C=O) groups is 1. The van der Waals surface area contributed by atoms with E-state index in [4.69, 9.17) is 4.74 Å². The van der Waals surface area contributed by atoms with E-state index in [1.807, 2.05) is 12.1 Å². The van der Waals surface area contributed by atoms with E-state index in [-0.39, 0.29) is 0 Å². The molecule has 1 aliphatic heterocycles. The molecule has 5 rings (SSSR count). The summed E-state index contributed by atoms with van der Waals surface area (Å²) in [4.78, 5) is 29.2. The second-order valence-corrected chi connectivity index (χ2v) is 9.72. The van der Waals surface area contributed by atoms with Crippen LogP contribution in [0, 0.1) is 0 Å². The fourth-order valence-electron chi connectivity index (χ4n) is 4.72. The number of nitrogens with zero attached hydrogens (tertiary/aromatic N) is 3. The number of rotatable bonds is 8. The molecule has 8 heteroatoms. The van der Waals surface area contributed by atoms with Gasteiger partial charge in [-0.2, -0.15) is 0 Å². The van der Waals surface area contributed by atoms with Gasteiger partial charge in [-0.15, -0.1) is 11.3 Å². The highest BCUT2D eigenvalue weighted by Crippen LogP contribution is 2.31. The molecule has 1 saturated heterocycles. The largest absolute Gasteiger partial charge is 0.494 e. The quantitative estimate of drug-likeness (QED) is 0.378. The predicted octanol–water partition coefficient (Wildman–Crippen LogP) is 3.83. The molecule has 0 amide bonds. The van der Waals surface area contributed by atoms with Crippen LogP contribution in [0.5, 0.6) is 5.75 Å². The molecule has 35 heavy (non-hydrogen) atoms. The lowest BCUT2D eigenvalue weighted by Crippen LogP contribution is -2.46. The average Bonchev–Trinajstić information content (AvgIpc) is 3.37. The van der Waals surface area contributed by atoms with Gasteiger partial charge in [0.2, 0.25) is 0 Å². The summed E-state index contributed by atoms with van der Waals surface area (Å²) in [7, 11) is 0. The van der Waals surface area contributed by atoms with Crippen LogP contribution >= 0.6 is 11.3 Å². The van der Waals surface area contributed by atoms with Gasteiger partial charge in [0.05, 0.1) is 12.1 Å². The molecule has 0 spiro atoms. The SMILES string of the molecule is O=C(CO)n1c(=O)ccc2ccc(OCCCCN3CCN(c4cccc5sccc45)CC3)cc21. The van der Waals surface area contributed by atoms with Crippen LogP contribution in [0.1, 0.15) is 17.6 Å². The number of aromatic nitrogens is 1. The lowest BCUT2D eigenvalue weighted by molar-refractivity contribution is 0.0820. The van der Waals surface area contributed by atoms with Crippen molar-refractivity contribution in [3.8, 4) is 5.75 Å². The van der Waals surface area contributed by atoms with Gasteiger partial charge in [-0.05, 0) is 66.6 Å². The van der Waals surface area contributed by atoms with E-state index in [1.165, 1.54) is 21.8 Å². The summed E-state index contributed by atoms with van der Waals surface area (Å²) in [5, 5.41) is 13.5.